The molecule has 6 heteroatoms. The number of alkyl halides is 3. The normalized spacial score (nSPS) is 26.2. The van der Waals surface area contributed by atoms with E-state index in [0.29, 0.717) is 11.8 Å². The van der Waals surface area contributed by atoms with Gasteiger partial charge in [0.25, 0.3) is 0 Å². The highest BCUT2D eigenvalue weighted by Crippen LogP contribution is 2.34. The highest BCUT2D eigenvalue weighted by atomic mass is 19.4. The third kappa shape index (κ3) is 3.87. The van der Waals surface area contributed by atoms with Crippen LogP contribution in [0.15, 0.2) is 12.1 Å². The predicted octanol–water partition coefficient (Wildman–Crippen LogP) is 4.18. The lowest BCUT2D eigenvalue weighted by atomic mass is 9.82. The Morgan fingerprint density at radius 2 is 1.81 bits per heavy atom. The van der Waals surface area contributed by atoms with Crippen LogP contribution in [-0.2, 0) is 6.18 Å². The predicted molar refractivity (Wildman–Crippen MR) is 70.5 cm³/mol. The molecule has 1 saturated carbocycles. The number of aromatic nitrogens is 1. The molecule has 21 heavy (non-hydrogen) atoms. The maximum Gasteiger partial charge on any atom is 0.433 e. The molecule has 0 bridgehead atoms. The minimum absolute atomic E-state index is 0.0360. The van der Waals surface area contributed by atoms with E-state index in [-0.39, 0.29) is 17.5 Å². The van der Waals surface area contributed by atoms with Crippen molar-refractivity contribution in [2.45, 2.75) is 45.4 Å². The SMILES string of the molecule is CC1CC(C)CC(Oc2nc(C(F)(F)F)ccc2C#N)C1. The maximum absolute atomic E-state index is 12.7. The van der Waals surface area contributed by atoms with E-state index in [4.69, 9.17) is 10.00 Å². The molecule has 1 heterocycles. The molecule has 0 saturated heterocycles. The van der Waals surface area contributed by atoms with Crippen LogP contribution in [0.25, 0.3) is 0 Å². The summed E-state index contributed by atoms with van der Waals surface area (Å²) in [6.45, 7) is 4.19. The van der Waals surface area contributed by atoms with Crippen LogP contribution in [0.3, 0.4) is 0 Å². The number of ether oxygens (including phenoxy) is 1. The van der Waals surface area contributed by atoms with Gasteiger partial charge in [0, 0.05) is 0 Å². The largest absolute Gasteiger partial charge is 0.473 e. The van der Waals surface area contributed by atoms with Crippen LogP contribution in [0.2, 0.25) is 0 Å². The van der Waals surface area contributed by atoms with Crippen molar-refractivity contribution in [3.63, 3.8) is 0 Å². The first-order chi connectivity index (χ1) is 9.79. The molecular weight excluding hydrogens is 281 g/mol. The fraction of sp³-hybridized carbons (Fsp3) is 0.600. The van der Waals surface area contributed by atoms with Crippen molar-refractivity contribution in [1.29, 1.82) is 5.26 Å². The minimum Gasteiger partial charge on any atom is -0.473 e. The third-order valence-electron chi connectivity index (χ3n) is 3.68. The molecule has 114 valence electrons. The highest BCUT2D eigenvalue weighted by Gasteiger charge is 2.34. The number of nitriles is 1. The molecule has 3 nitrogen and oxygen atoms in total. The first kappa shape index (κ1) is 15.6. The summed E-state index contributed by atoms with van der Waals surface area (Å²) < 4.78 is 43.7. The average Bonchev–Trinajstić information content (AvgIpc) is 2.36. The summed E-state index contributed by atoms with van der Waals surface area (Å²) >= 11 is 0. The molecule has 0 aliphatic heterocycles. The smallest absolute Gasteiger partial charge is 0.433 e. The molecule has 1 aliphatic rings. The topological polar surface area (TPSA) is 45.9 Å². The summed E-state index contributed by atoms with van der Waals surface area (Å²) in [4.78, 5) is 3.49. The Morgan fingerprint density at radius 3 is 2.33 bits per heavy atom. The van der Waals surface area contributed by atoms with E-state index in [0.717, 1.165) is 31.4 Å². The summed E-state index contributed by atoms with van der Waals surface area (Å²) in [5.41, 5.74) is -0.998. The summed E-state index contributed by atoms with van der Waals surface area (Å²) in [7, 11) is 0. The second-order valence-corrected chi connectivity index (χ2v) is 5.82. The van der Waals surface area contributed by atoms with Gasteiger partial charge < -0.3 is 4.74 Å². The van der Waals surface area contributed by atoms with E-state index in [1.165, 1.54) is 0 Å². The van der Waals surface area contributed by atoms with Crippen molar-refractivity contribution in [3.8, 4) is 11.9 Å². The first-order valence-corrected chi connectivity index (χ1v) is 6.94. The number of halogens is 3. The monoisotopic (exact) mass is 298 g/mol. The number of hydrogen-bond donors (Lipinski definition) is 0. The maximum atomic E-state index is 12.7. The quantitative estimate of drug-likeness (QED) is 0.823. The lowest BCUT2D eigenvalue weighted by molar-refractivity contribution is -0.141. The van der Waals surface area contributed by atoms with Gasteiger partial charge in [-0.1, -0.05) is 13.8 Å². The minimum atomic E-state index is -4.54. The van der Waals surface area contributed by atoms with Crippen molar-refractivity contribution in [1.82, 2.24) is 4.98 Å². The van der Waals surface area contributed by atoms with E-state index >= 15 is 0 Å². The molecule has 1 fully saturated rings. The number of hydrogen-bond acceptors (Lipinski definition) is 3. The van der Waals surface area contributed by atoms with Gasteiger partial charge in [0.1, 0.15) is 23.4 Å². The fourth-order valence-electron chi connectivity index (χ4n) is 2.90. The van der Waals surface area contributed by atoms with Gasteiger partial charge in [-0.15, -0.1) is 0 Å². The first-order valence-electron chi connectivity index (χ1n) is 6.94. The number of nitrogens with zero attached hydrogens (tertiary/aromatic N) is 2. The number of pyridine rings is 1. The van der Waals surface area contributed by atoms with Crippen LogP contribution in [0.5, 0.6) is 5.88 Å². The lowest BCUT2D eigenvalue weighted by Gasteiger charge is -2.31. The third-order valence-corrected chi connectivity index (χ3v) is 3.68. The Morgan fingerprint density at radius 1 is 1.19 bits per heavy atom. The summed E-state index contributed by atoms with van der Waals surface area (Å²) in [5.74, 6) is 0.698. The zero-order valence-electron chi connectivity index (χ0n) is 11.9. The Kier molecular flexibility index (Phi) is 4.40. The van der Waals surface area contributed by atoms with Crippen LogP contribution in [0, 0.1) is 23.2 Å². The highest BCUT2D eigenvalue weighted by molar-refractivity contribution is 5.39. The summed E-state index contributed by atoms with van der Waals surface area (Å²) in [6, 6.07) is 3.75. The van der Waals surface area contributed by atoms with Crippen LogP contribution < -0.4 is 4.74 Å². The average molecular weight is 298 g/mol. The van der Waals surface area contributed by atoms with Crippen molar-refractivity contribution in [2.24, 2.45) is 11.8 Å². The van der Waals surface area contributed by atoms with Crippen LogP contribution in [-0.4, -0.2) is 11.1 Å². The van der Waals surface area contributed by atoms with Gasteiger partial charge in [-0.3, -0.25) is 0 Å². The molecule has 1 aromatic heterocycles. The molecule has 2 atom stereocenters. The Hall–Kier alpha value is -1.77. The standard InChI is InChI=1S/C15H17F3N2O/c1-9-5-10(2)7-12(6-9)21-14-11(8-19)3-4-13(20-14)15(16,17)18/h3-4,9-10,12H,5-7H2,1-2H3. The zero-order valence-corrected chi connectivity index (χ0v) is 11.9. The van der Waals surface area contributed by atoms with Crippen molar-refractivity contribution in [3.05, 3.63) is 23.4 Å². The van der Waals surface area contributed by atoms with Gasteiger partial charge in [0.15, 0.2) is 0 Å². The Balaban J connectivity index is 2.24. The molecule has 1 aliphatic carbocycles. The van der Waals surface area contributed by atoms with Crippen LogP contribution in [0.1, 0.15) is 44.4 Å². The van der Waals surface area contributed by atoms with Gasteiger partial charge in [0.2, 0.25) is 5.88 Å². The molecule has 2 unspecified atom stereocenters. The van der Waals surface area contributed by atoms with Crippen molar-refractivity contribution >= 4 is 0 Å². The molecule has 0 amide bonds. The van der Waals surface area contributed by atoms with Crippen molar-refractivity contribution < 1.29 is 17.9 Å². The second kappa shape index (κ2) is 5.92. The fourth-order valence-corrected chi connectivity index (χ4v) is 2.90. The van der Waals surface area contributed by atoms with Gasteiger partial charge in [0.05, 0.1) is 0 Å². The van der Waals surface area contributed by atoms with Gasteiger partial charge in [-0.2, -0.15) is 18.4 Å². The number of rotatable bonds is 2. The second-order valence-electron chi connectivity index (χ2n) is 5.82. The molecule has 0 radical (unpaired) electrons. The Bertz CT molecular complexity index is 541. The van der Waals surface area contributed by atoms with E-state index in [2.05, 4.69) is 18.8 Å². The molecule has 1 aromatic rings. The van der Waals surface area contributed by atoms with Crippen LogP contribution >= 0.6 is 0 Å². The Labute approximate surface area is 121 Å². The van der Waals surface area contributed by atoms with E-state index < -0.39 is 11.9 Å². The summed E-state index contributed by atoms with van der Waals surface area (Å²) in [5, 5.41) is 8.99. The van der Waals surface area contributed by atoms with E-state index in [1.54, 1.807) is 0 Å². The van der Waals surface area contributed by atoms with Crippen LogP contribution in [0.4, 0.5) is 13.2 Å². The molecule has 0 N–H and O–H groups in total. The zero-order chi connectivity index (χ0) is 15.6. The molecule has 0 spiro atoms. The van der Waals surface area contributed by atoms with Crippen molar-refractivity contribution in [2.75, 3.05) is 0 Å². The lowest BCUT2D eigenvalue weighted by Crippen LogP contribution is -2.29. The summed E-state index contributed by atoms with van der Waals surface area (Å²) in [6.07, 6.45) is -2.10. The van der Waals surface area contributed by atoms with E-state index in [1.807, 2.05) is 6.07 Å². The molecule has 2 rings (SSSR count). The molecule has 0 aromatic carbocycles. The van der Waals surface area contributed by atoms with E-state index in [9.17, 15) is 13.2 Å². The van der Waals surface area contributed by atoms with Gasteiger partial charge in [-0.25, -0.2) is 4.98 Å². The van der Waals surface area contributed by atoms with Gasteiger partial charge >= 0.3 is 6.18 Å². The van der Waals surface area contributed by atoms with Gasteiger partial charge in [-0.05, 0) is 43.2 Å². The molecular formula is C15H17F3N2O.